The fraction of sp³-hybridized carbons (Fsp3) is 0.482. The molecular formula is C56H77Br2ClK2O17. The molecule has 0 aliphatic heterocycles. The SMILES string of the molecule is C.COC(=O)C(CCc1ccc(OC(C)C)cc1)(Cc1cc(OC(C)C)c(OC)cc1Br)C(=O)OC.COC(=O)C(CCc1ccc(OC(C)C)cc1)C(=O)OC.COc1cc(Br)c(CCl)cc1OC(C)C.O=CO[O-].[H-].[K+].[K+]. The van der Waals surface area contributed by atoms with Crippen LogP contribution in [-0.2, 0) is 73.0 Å². The summed E-state index contributed by atoms with van der Waals surface area (Å²) in [6.07, 6.45) is 1.85. The van der Waals surface area contributed by atoms with Crippen LogP contribution in [0.1, 0.15) is 99.3 Å². The second-order valence-corrected chi connectivity index (χ2v) is 19.3. The molecule has 0 radical (unpaired) electrons. The topological polar surface area (TPSA) is 210 Å². The molecule has 4 aromatic carbocycles. The Morgan fingerprint density at radius 3 is 1.26 bits per heavy atom. The minimum Gasteiger partial charge on any atom is -1.00 e. The molecule has 0 aromatic heterocycles. The normalized spacial score (nSPS) is 10.2. The first-order valence-electron chi connectivity index (χ1n) is 23.7. The number of esters is 4. The standard InChI is InChI=1S/C27H35BrO7.C16H22O5.C11H14BrClO2.CH2O3.CH4.2K.H/c1-17(2)34-21-10-8-19(9-11-21)12-13-27(25(29)32-6,26(30)33-7)16-20-14-24(35-18(3)4)23(31-5)15-22(20)28;1-11(2)21-13-8-5-12(6-9-13)7-10-14(15(17)19-3)16(18)20-4;1-7(2)15-11-4-8(6-13)9(12)5-10(11)14-3;2-1-4-3;;;;/h8-11,14-15,17-18H,12-13,16H2,1-7H3;5-6,8-9,11,14H,7,10H2,1-4H3;4-5,7H,6H2,1-3H3;1,3H;1H4;;;/q;;;;;2*+1;-1/p-1. The van der Waals surface area contributed by atoms with E-state index in [0.29, 0.717) is 52.4 Å². The van der Waals surface area contributed by atoms with Crippen molar-refractivity contribution in [3.05, 3.63) is 104 Å². The maximum Gasteiger partial charge on any atom is 1.00 e. The second-order valence-electron chi connectivity index (χ2n) is 17.3. The number of hydrogen-bond donors (Lipinski definition) is 0. The van der Waals surface area contributed by atoms with E-state index in [1.54, 1.807) is 26.4 Å². The predicted molar refractivity (Wildman–Crippen MR) is 296 cm³/mol. The largest absolute Gasteiger partial charge is 1.00 e. The number of halogens is 3. The molecule has 78 heavy (non-hydrogen) atoms. The van der Waals surface area contributed by atoms with Crippen LogP contribution < -0.4 is 136 Å². The van der Waals surface area contributed by atoms with Gasteiger partial charge in [-0.2, -0.15) is 0 Å². The molecule has 0 bridgehead atoms. The molecule has 22 heteroatoms. The Balaban J connectivity index is -0.000000545. The molecular weight excluding hydrogens is 1220 g/mol. The van der Waals surface area contributed by atoms with E-state index in [4.69, 9.17) is 59.5 Å². The summed E-state index contributed by atoms with van der Waals surface area (Å²) in [5.41, 5.74) is 2.11. The summed E-state index contributed by atoms with van der Waals surface area (Å²) in [6.45, 7) is 15.4. The first kappa shape index (κ1) is 79.7. The average molecular weight is 1300 g/mol. The van der Waals surface area contributed by atoms with Crippen molar-refractivity contribution in [1.82, 2.24) is 0 Å². The van der Waals surface area contributed by atoms with Crippen molar-refractivity contribution in [2.45, 2.75) is 125 Å². The van der Waals surface area contributed by atoms with E-state index < -0.39 is 35.2 Å². The van der Waals surface area contributed by atoms with Gasteiger partial charge in [0, 0.05) is 21.2 Å². The van der Waals surface area contributed by atoms with Gasteiger partial charge in [0.2, 0.25) is 0 Å². The van der Waals surface area contributed by atoms with Crippen molar-refractivity contribution >= 4 is 73.8 Å². The van der Waals surface area contributed by atoms with Gasteiger partial charge in [-0.1, -0.05) is 63.6 Å². The molecule has 0 aliphatic rings. The van der Waals surface area contributed by atoms with Crippen LogP contribution >= 0.6 is 43.5 Å². The van der Waals surface area contributed by atoms with Gasteiger partial charge >= 0.3 is 127 Å². The quantitative estimate of drug-likeness (QED) is 0.0131. The van der Waals surface area contributed by atoms with Crippen molar-refractivity contribution in [3.63, 3.8) is 0 Å². The van der Waals surface area contributed by atoms with E-state index >= 15 is 0 Å². The zero-order valence-electron chi connectivity index (χ0n) is 48.2. The van der Waals surface area contributed by atoms with Crippen molar-refractivity contribution in [3.8, 4) is 34.5 Å². The maximum absolute atomic E-state index is 13.1. The van der Waals surface area contributed by atoms with Crippen LogP contribution in [0.25, 0.3) is 0 Å². The summed E-state index contributed by atoms with van der Waals surface area (Å²) < 4.78 is 54.5. The molecule has 0 spiro atoms. The fourth-order valence-corrected chi connectivity index (χ4v) is 8.25. The number of hydrogen-bond acceptors (Lipinski definition) is 17. The van der Waals surface area contributed by atoms with Gasteiger partial charge in [-0.25, -0.2) is 0 Å². The molecule has 17 nitrogen and oxygen atoms in total. The van der Waals surface area contributed by atoms with E-state index in [1.165, 1.54) is 28.4 Å². The van der Waals surface area contributed by atoms with Crippen molar-refractivity contribution < 1.29 is 186 Å². The number of ether oxygens (including phenoxy) is 10. The van der Waals surface area contributed by atoms with E-state index in [0.717, 1.165) is 38.4 Å². The maximum atomic E-state index is 13.1. The average Bonchev–Trinajstić information content (AvgIpc) is 3.38. The van der Waals surface area contributed by atoms with Crippen molar-refractivity contribution in [2.24, 2.45) is 11.3 Å². The molecule has 0 heterocycles. The zero-order chi connectivity index (χ0) is 56.8. The number of carbonyl (C=O) groups is 5. The summed E-state index contributed by atoms with van der Waals surface area (Å²) in [7, 11) is 8.24. The Morgan fingerprint density at radius 2 is 0.936 bits per heavy atom. The van der Waals surface area contributed by atoms with Crippen LogP contribution in [0, 0.1) is 11.3 Å². The number of rotatable bonds is 24. The van der Waals surface area contributed by atoms with E-state index in [-0.39, 0.29) is 155 Å². The van der Waals surface area contributed by atoms with Gasteiger partial charge in [-0.15, -0.1) is 11.6 Å². The molecule has 0 saturated heterocycles. The smallest absolute Gasteiger partial charge is 1.00 e. The molecule has 0 saturated carbocycles. The molecule has 0 fully saturated rings. The van der Waals surface area contributed by atoms with E-state index in [2.05, 4.69) is 46.2 Å². The minimum atomic E-state index is -1.55. The molecule has 0 N–H and O–H groups in total. The van der Waals surface area contributed by atoms with Gasteiger partial charge in [-0.3, -0.25) is 24.0 Å². The van der Waals surface area contributed by atoms with Crippen molar-refractivity contribution in [2.75, 3.05) is 42.7 Å². The van der Waals surface area contributed by atoms with Crippen LogP contribution in [0.2, 0.25) is 0 Å². The molecule has 0 amide bonds. The van der Waals surface area contributed by atoms with Crippen LogP contribution in [0.3, 0.4) is 0 Å². The molecule has 4 rings (SSSR count). The molecule has 0 unspecified atom stereocenters. The molecule has 426 valence electrons. The van der Waals surface area contributed by atoms with E-state index in [9.17, 15) is 19.2 Å². The molecule has 0 aliphatic carbocycles. The van der Waals surface area contributed by atoms with Gasteiger partial charge in [0.25, 0.3) is 6.47 Å². The van der Waals surface area contributed by atoms with Crippen LogP contribution in [-0.4, -0.2) is 97.4 Å². The van der Waals surface area contributed by atoms with Crippen LogP contribution in [0.5, 0.6) is 34.5 Å². The van der Waals surface area contributed by atoms with Crippen LogP contribution in [0.4, 0.5) is 0 Å². The number of aryl methyl sites for hydroxylation is 2. The van der Waals surface area contributed by atoms with Crippen molar-refractivity contribution in [1.29, 1.82) is 0 Å². The second kappa shape index (κ2) is 43.2. The third-order valence-electron chi connectivity index (χ3n) is 10.3. The van der Waals surface area contributed by atoms with Gasteiger partial charge in [-0.05, 0) is 152 Å². The van der Waals surface area contributed by atoms with Crippen LogP contribution in [0.15, 0.2) is 81.7 Å². The third kappa shape index (κ3) is 28.5. The third-order valence-corrected chi connectivity index (χ3v) is 12.1. The first-order valence-corrected chi connectivity index (χ1v) is 25.8. The Morgan fingerprint density at radius 1 is 0.577 bits per heavy atom. The Labute approximate surface area is 569 Å². The minimum absolute atomic E-state index is 0. The summed E-state index contributed by atoms with van der Waals surface area (Å²) >= 11 is 12.8. The number of benzene rings is 4. The fourth-order valence-electron chi connectivity index (χ4n) is 6.94. The Kier molecular flexibility index (Phi) is 44.2. The summed E-state index contributed by atoms with van der Waals surface area (Å²) in [6, 6.07) is 22.5. The monoisotopic (exact) mass is 1290 g/mol. The summed E-state index contributed by atoms with van der Waals surface area (Å²) in [4.78, 5) is 60.6. The summed E-state index contributed by atoms with van der Waals surface area (Å²) in [5, 5.41) is 8.43. The van der Waals surface area contributed by atoms with E-state index in [1.807, 2.05) is 116 Å². The molecule has 4 aromatic rings. The number of methoxy groups -OCH3 is 6. The summed E-state index contributed by atoms with van der Waals surface area (Å²) in [5.74, 6) is 1.17. The first-order chi connectivity index (χ1) is 35.5. The predicted octanol–water partition coefficient (Wildman–Crippen LogP) is 5.08. The number of carbonyl (C=O) groups excluding carboxylic acids is 5. The Bertz CT molecular complexity index is 2350. The van der Waals surface area contributed by atoms with Gasteiger partial charge in [0.1, 0.15) is 11.5 Å². The molecule has 0 atom stereocenters. The zero-order valence-corrected chi connectivity index (χ0v) is 57.4. The van der Waals surface area contributed by atoms with Gasteiger partial charge in [0.15, 0.2) is 34.3 Å². The number of alkyl halides is 1. The van der Waals surface area contributed by atoms with Gasteiger partial charge < -0.3 is 58.9 Å². The van der Waals surface area contributed by atoms with Gasteiger partial charge in [0.05, 0.1) is 67.1 Å². The Hall–Kier alpha value is -2.49.